The highest BCUT2D eigenvalue weighted by Gasteiger charge is 2.09. The number of hydrogen-bond donors (Lipinski definition) is 1. The van der Waals surface area contributed by atoms with E-state index in [0.29, 0.717) is 6.04 Å². The van der Waals surface area contributed by atoms with Gasteiger partial charge in [-0.15, -0.1) is 0 Å². The molecule has 0 aliphatic heterocycles. The van der Waals surface area contributed by atoms with Crippen LogP contribution in [0.2, 0.25) is 0 Å². The number of hydrogen-bond acceptors (Lipinski definition) is 4. The molecule has 1 atom stereocenters. The molecule has 1 aromatic carbocycles. The highest BCUT2D eigenvalue weighted by Crippen LogP contribution is 2.21. The Bertz CT molecular complexity index is 613. The average Bonchev–Trinajstić information content (AvgIpc) is 2.46. The summed E-state index contributed by atoms with van der Waals surface area (Å²) in [6.07, 6.45) is 3.29. The van der Waals surface area contributed by atoms with Gasteiger partial charge in [0.05, 0.1) is 10.4 Å². The molecular weight excluding hydrogens is 254 g/mol. The third-order valence-corrected chi connectivity index (χ3v) is 3.37. The lowest BCUT2D eigenvalue weighted by Gasteiger charge is -2.16. The van der Waals surface area contributed by atoms with E-state index in [1.807, 2.05) is 12.1 Å². The normalized spacial score (nSPS) is 12.3. The molecule has 0 amide bonds. The van der Waals surface area contributed by atoms with Crippen molar-refractivity contribution >= 4 is 22.4 Å². The first-order valence-electron chi connectivity index (χ1n) is 6.95. The first-order chi connectivity index (χ1) is 9.63. The van der Waals surface area contributed by atoms with Crippen LogP contribution in [0.5, 0.6) is 0 Å². The van der Waals surface area contributed by atoms with Gasteiger partial charge in [0.2, 0.25) is 0 Å². The Balaban J connectivity index is 2.25. The van der Waals surface area contributed by atoms with Gasteiger partial charge >= 0.3 is 0 Å². The van der Waals surface area contributed by atoms with Gasteiger partial charge in [0.1, 0.15) is 5.82 Å². The molecule has 2 aromatic rings. The lowest BCUT2D eigenvalue weighted by atomic mass is 10.1. The average molecular weight is 273 g/mol. The SMILES string of the molecule is CCCC(CC)Nc1ccc2cc([N+](=O)[O-])ccc2n1. The number of rotatable bonds is 6. The number of nitro groups is 1. The van der Waals surface area contributed by atoms with Gasteiger partial charge in [0.25, 0.3) is 5.69 Å². The summed E-state index contributed by atoms with van der Waals surface area (Å²) in [5, 5.41) is 14.9. The molecule has 0 saturated carbocycles. The minimum Gasteiger partial charge on any atom is -0.367 e. The van der Waals surface area contributed by atoms with Gasteiger partial charge in [-0.05, 0) is 31.0 Å². The van der Waals surface area contributed by atoms with Gasteiger partial charge in [-0.1, -0.05) is 20.3 Å². The van der Waals surface area contributed by atoms with Crippen LogP contribution in [-0.2, 0) is 0 Å². The van der Waals surface area contributed by atoms with Crippen molar-refractivity contribution in [2.45, 2.75) is 39.2 Å². The van der Waals surface area contributed by atoms with Crippen molar-refractivity contribution in [1.82, 2.24) is 4.98 Å². The smallest absolute Gasteiger partial charge is 0.270 e. The maximum Gasteiger partial charge on any atom is 0.270 e. The van der Waals surface area contributed by atoms with Crippen molar-refractivity contribution in [3.63, 3.8) is 0 Å². The zero-order chi connectivity index (χ0) is 14.5. The number of non-ortho nitro benzene ring substituents is 1. The van der Waals surface area contributed by atoms with Crippen LogP contribution in [0.1, 0.15) is 33.1 Å². The second-order valence-electron chi connectivity index (χ2n) is 4.87. The zero-order valence-electron chi connectivity index (χ0n) is 11.8. The van der Waals surface area contributed by atoms with E-state index in [4.69, 9.17) is 0 Å². The molecule has 1 N–H and O–H groups in total. The summed E-state index contributed by atoms with van der Waals surface area (Å²) >= 11 is 0. The molecule has 0 bridgehead atoms. The Morgan fingerprint density at radius 1 is 1.30 bits per heavy atom. The fraction of sp³-hybridized carbons (Fsp3) is 0.400. The summed E-state index contributed by atoms with van der Waals surface area (Å²) in [6, 6.07) is 8.90. The van der Waals surface area contributed by atoms with Crippen LogP contribution in [0.3, 0.4) is 0 Å². The van der Waals surface area contributed by atoms with Crippen molar-refractivity contribution in [1.29, 1.82) is 0 Å². The van der Waals surface area contributed by atoms with Crippen molar-refractivity contribution in [2.75, 3.05) is 5.32 Å². The Morgan fingerprint density at radius 3 is 2.75 bits per heavy atom. The predicted octanol–water partition coefficient (Wildman–Crippen LogP) is 4.13. The van der Waals surface area contributed by atoms with E-state index in [-0.39, 0.29) is 10.6 Å². The van der Waals surface area contributed by atoms with Gasteiger partial charge in [0.15, 0.2) is 0 Å². The van der Waals surface area contributed by atoms with E-state index < -0.39 is 0 Å². The number of benzene rings is 1. The molecule has 106 valence electrons. The van der Waals surface area contributed by atoms with Crippen LogP contribution in [0.25, 0.3) is 10.9 Å². The van der Waals surface area contributed by atoms with Crippen LogP contribution in [-0.4, -0.2) is 15.9 Å². The molecule has 0 fully saturated rings. The maximum atomic E-state index is 10.7. The quantitative estimate of drug-likeness (QED) is 0.634. The van der Waals surface area contributed by atoms with E-state index >= 15 is 0 Å². The van der Waals surface area contributed by atoms with Crippen LogP contribution < -0.4 is 5.32 Å². The summed E-state index contributed by atoms with van der Waals surface area (Å²) in [6.45, 7) is 4.31. The molecule has 1 heterocycles. The molecule has 5 nitrogen and oxygen atoms in total. The lowest BCUT2D eigenvalue weighted by Crippen LogP contribution is -2.18. The number of fused-ring (bicyclic) bond motifs is 1. The standard InChI is InChI=1S/C15H19N3O2/c1-3-5-12(4-2)16-15-9-6-11-10-13(18(19)20)7-8-14(11)17-15/h6-10,12H,3-5H2,1-2H3,(H,16,17). The van der Waals surface area contributed by atoms with Gasteiger partial charge in [-0.25, -0.2) is 4.98 Å². The number of aromatic nitrogens is 1. The van der Waals surface area contributed by atoms with Gasteiger partial charge in [0, 0.05) is 23.6 Å². The monoisotopic (exact) mass is 273 g/mol. The number of nitrogens with zero attached hydrogens (tertiary/aromatic N) is 2. The topological polar surface area (TPSA) is 68.1 Å². The molecule has 2 rings (SSSR count). The minimum atomic E-state index is -0.389. The Labute approximate surface area is 118 Å². The molecule has 0 radical (unpaired) electrons. The highest BCUT2D eigenvalue weighted by molar-refractivity contribution is 5.82. The van der Waals surface area contributed by atoms with Crippen LogP contribution >= 0.6 is 0 Å². The van der Waals surface area contributed by atoms with Crippen molar-refractivity contribution in [2.24, 2.45) is 0 Å². The van der Waals surface area contributed by atoms with E-state index in [1.165, 1.54) is 6.07 Å². The van der Waals surface area contributed by atoms with E-state index in [9.17, 15) is 10.1 Å². The highest BCUT2D eigenvalue weighted by atomic mass is 16.6. The molecule has 0 aliphatic rings. The molecule has 1 aromatic heterocycles. The molecular formula is C15H19N3O2. The van der Waals surface area contributed by atoms with Crippen molar-refractivity contribution in [3.8, 4) is 0 Å². The first kappa shape index (κ1) is 14.2. The molecule has 0 saturated heterocycles. The van der Waals surface area contributed by atoms with Crippen LogP contribution in [0.15, 0.2) is 30.3 Å². The Hall–Kier alpha value is -2.17. The molecule has 0 spiro atoms. The second-order valence-corrected chi connectivity index (χ2v) is 4.87. The summed E-state index contributed by atoms with van der Waals surface area (Å²) < 4.78 is 0. The largest absolute Gasteiger partial charge is 0.367 e. The fourth-order valence-corrected chi connectivity index (χ4v) is 2.24. The van der Waals surface area contributed by atoms with Crippen LogP contribution in [0.4, 0.5) is 11.5 Å². The minimum absolute atomic E-state index is 0.0948. The number of nitro benzene ring substituents is 1. The molecule has 20 heavy (non-hydrogen) atoms. The van der Waals surface area contributed by atoms with E-state index in [2.05, 4.69) is 24.1 Å². The molecule has 0 aliphatic carbocycles. The Morgan fingerprint density at radius 2 is 2.10 bits per heavy atom. The molecule has 1 unspecified atom stereocenters. The number of anilines is 1. The predicted molar refractivity (Wildman–Crippen MR) is 81.0 cm³/mol. The maximum absolute atomic E-state index is 10.7. The fourth-order valence-electron chi connectivity index (χ4n) is 2.24. The summed E-state index contributed by atoms with van der Waals surface area (Å²) in [7, 11) is 0. The van der Waals surface area contributed by atoms with Gasteiger partial charge in [-0.2, -0.15) is 0 Å². The summed E-state index contributed by atoms with van der Waals surface area (Å²) in [5.74, 6) is 0.826. The van der Waals surface area contributed by atoms with E-state index in [0.717, 1.165) is 36.0 Å². The number of nitrogens with one attached hydrogen (secondary N) is 1. The summed E-state index contributed by atoms with van der Waals surface area (Å²) in [4.78, 5) is 14.9. The van der Waals surface area contributed by atoms with E-state index in [1.54, 1.807) is 12.1 Å². The second kappa shape index (κ2) is 6.32. The van der Waals surface area contributed by atoms with Gasteiger partial charge in [-0.3, -0.25) is 10.1 Å². The van der Waals surface area contributed by atoms with Crippen molar-refractivity contribution < 1.29 is 4.92 Å². The molecule has 5 heteroatoms. The van der Waals surface area contributed by atoms with Crippen LogP contribution in [0, 0.1) is 10.1 Å². The summed E-state index contributed by atoms with van der Waals surface area (Å²) in [5.41, 5.74) is 0.865. The number of pyridine rings is 1. The first-order valence-corrected chi connectivity index (χ1v) is 6.95. The van der Waals surface area contributed by atoms with Gasteiger partial charge < -0.3 is 5.32 Å². The lowest BCUT2D eigenvalue weighted by molar-refractivity contribution is -0.384. The van der Waals surface area contributed by atoms with Crippen molar-refractivity contribution in [3.05, 3.63) is 40.4 Å². The Kier molecular flexibility index (Phi) is 4.50. The zero-order valence-corrected chi connectivity index (χ0v) is 11.8. The third kappa shape index (κ3) is 3.23. The third-order valence-electron chi connectivity index (χ3n) is 3.37.